The number of hydrogen-bond donors (Lipinski definition) is 3. The van der Waals surface area contributed by atoms with Crippen molar-refractivity contribution >= 4 is 7.82 Å². The molecule has 0 radical (unpaired) electrons. The molecule has 0 amide bonds. The Morgan fingerprint density at radius 3 is 0.833 bits per heavy atom. The standard InChI is InChI=1S/6FH.H3O4P.Rh/c;;;;;;1-5(2,3)4;/h6*1H;(H3,1,2,3,4);/q;;;;;;;+6/p-6. The van der Waals surface area contributed by atoms with Gasteiger partial charge in [-0.3, -0.25) is 0 Å². The SMILES string of the molecule is O=P(O)(O)O.[F][Rh]([F])([F])([F])([F])[F]. The molecule has 83 valence electrons. The van der Waals surface area contributed by atoms with Gasteiger partial charge in [-0.2, -0.15) is 0 Å². The van der Waals surface area contributed by atoms with Gasteiger partial charge in [0.25, 0.3) is 0 Å². The van der Waals surface area contributed by atoms with Crippen LogP contribution in [0, 0.1) is 0 Å². The summed E-state index contributed by atoms with van der Waals surface area (Å²) >= 11 is -11.0. The van der Waals surface area contributed by atoms with Gasteiger partial charge < -0.3 is 14.7 Å². The van der Waals surface area contributed by atoms with Gasteiger partial charge >= 0.3 is 43.1 Å². The van der Waals surface area contributed by atoms with E-state index < -0.39 is 23.2 Å². The molecule has 12 heavy (non-hydrogen) atoms. The summed E-state index contributed by atoms with van der Waals surface area (Å²) in [5, 5.41) is 0. The molecule has 0 heterocycles. The second-order valence-electron chi connectivity index (χ2n) is 1.23. The minimum absolute atomic E-state index is 4.64. The second kappa shape index (κ2) is 2.65. The number of rotatable bonds is 0. The first-order valence-electron chi connectivity index (χ1n) is 1.54. The van der Waals surface area contributed by atoms with E-state index in [9.17, 15) is 19.9 Å². The van der Waals surface area contributed by atoms with Crippen LogP contribution in [0.5, 0.6) is 0 Å². The van der Waals surface area contributed by atoms with Crippen molar-refractivity contribution in [1.82, 2.24) is 0 Å². The number of halogens is 6. The quantitative estimate of drug-likeness (QED) is 0.360. The van der Waals surface area contributed by atoms with Gasteiger partial charge in [-0.15, -0.1) is 0 Å². The predicted molar refractivity (Wildman–Crippen MR) is 20.9 cm³/mol. The molecule has 0 saturated carbocycles. The molecule has 0 aromatic carbocycles. The van der Waals surface area contributed by atoms with Crippen LogP contribution in [-0.4, -0.2) is 14.7 Å². The molecule has 0 aliphatic rings. The summed E-state index contributed by atoms with van der Waals surface area (Å²) in [5.41, 5.74) is 0. The molecule has 0 fully saturated rings. The summed E-state index contributed by atoms with van der Waals surface area (Å²) in [5.74, 6) is 0. The predicted octanol–water partition coefficient (Wildman–Crippen LogP) is 1.59. The summed E-state index contributed by atoms with van der Waals surface area (Å²) in [6.45, 7) is 0. The van der Waals surface area contributed by atoms with E-state index in [1.807, 2.05) is 0 Å². The first-order valence-corrected chi connectivity index (χ1v) is 6.82. The Bertz CT molecular complexity index is 173. The molecule has 3 N–H and O–H groups in total. The van der Waals surface area contributed by atoms with E-state index in [1.54, 1.807) is 0 Å². The summed E-state index contributed by atoms with van der Waals surface area (Å²) < 4.78 is 68.3. The third kappa shape index (κ3) is 9110. The van der Waals surface area contributed by atoms with Gasteiger partial charge in [-0.25, -0.2) is 4.57 Å². The van der Waals surface area contributed by atoms with E-state index >= 15 is 0 Å². The zero-order valence-electron chi connectivity index (χ0n) is 4.80. The van der Waals surface area contributed by atoms with Crippen molar-refractivity contribution in [1.29, 1.82) is 0 Å². The molecule has 0 aliphatic heterocycles. The number of hydrogen-bond acceptors (Lipinski definition) is 1. The molecule has 0 aromatic heterocycles. The van der Waals surface area contributed by atoms with Crippen LogP contribution in [0.15, 0.2) is 0 Å². The average Bonchev–Trinajstić information content (AvgIpc) is 1.04. The molecule has 0 atom stereocenters. The molecular formula is H3F6O4PRh. The fourth-order valence-electron chi connectivity index (χ4n) is 0. The summed E-state index contributed by atoms with van der Waals surface area (Å²) in [7, 11) is -4.64. The molecule has 0 unspecified atom stereocenters. The third-order valence-corrected chi connectivity index (χ3v) is 0. The van der Waals surface area contributed by atoms with E-state index in [0.29, 0.717) is 0 Å². The van der Waals surface area contributed by atoms with Crippen LogP contribution in [0.25, 0.3) is 0 Å². The van der Waals surface area contributed by atoms with Crippen molar-refractivity contribution in [2.24, 2.45) is 0 Å². The van der Waals surface area contributed by atoms with Crippen molar-refractivity contribution < 1.29 is 54.6 Å². The average molecular weight is 315 g/mol. The van der Waals surface area contributed by atoms with Crippen molar-refractivity contribution in [2.45, 2.75) is 0 Å². The van der Waals surface area contributed by atoms with E-state index in [-0.39, 0.29) is 0 Å². The topological polar surface area (TPSA) is 77.8 Å². The van der Waals surface area contributed by atoms with Crippen LogP contribution >= 0.6 is 7.82 Å². The second-order valence-corrected chi connectivity index (χ2v) is 5.77. The Morgan fingerprint density at radius 2 is 0.833 bits per heavy atom. The zero-order valence-corrected chi connectivity index (χ0v) is 7.33. The molecule has 0 saturated heterocycles. The van der Waals surface area contributed by atoms with Gasteiger partial charge in [0.15, 0.2) is 0 Å². The monoisotopic (exact) mass is 315 g/mol. The van der Waals surface area contributed by atoms with E-state index in [1.165, 1.54) is 0 Å². The summed E-state index contributed by atoms with van der Waals surface area (Å²) in [4.78, 5) is 21.6. The molecule has 0 bridgehead atoms. The van der Waals surface area contributed by atoms with Gasteiger partial charge in [0.05, 0.1) is 0 Å². The van der Waals surface area contributed by atoms with Crippen molar-refractivity contribution in [3.8, 4) is 0 Å². The normalized spacial score (nSPS) is 18.4. The van der Waals surface area contributed by atoms with Crippen molar-refractivity contribution in [3.63, 3.8) is 0 Å². The van der Waals surface area contributed by atoms with Gasteiger partial charge in [-0.1, -0.05) is 0 Å². The Hall–Kier alpha value is 0.313. The van der Waals surface area contributed by atoms with Gasteiger partial charge in [0.1, 0.15) is 0 Å². The Morgan fingerprint density at radius 1 is 0.833 bits per heavy atom. The zero-order chi connectivity index (χ0) is 10.9. The molecule has 0 rings (SSSR count). The number of phosphoric acid groups is 1. The van der Waals surface area contributed by atoms with Gasteiger partial charge in [0, 0.05) is 0 Å². The molecule has 12 heteroatoms. The Kier molecular flexibility index (Phi) is 3.27. The van der Waals surface area contributed by atoms with Gasteiger partial charge in [0.2, 0.25) is 0 Å². The van der Waals surface area contributed by atoms with Crippen LogP contribution in [0.1, 0.15) is 0 Å². The molecular weight excluding hydrogens is 312 g/mol. The molecule has 0 aliphatic carbocycles. The van der Waals surface area contributed by atoms with E-state index in [2.05, 4.69) is 0 Å². The van der Waals surface area contributed by atoms with Crippen LogP contribution in [0.3, 0.4) is 0 Å². The van der Waals surface area contributed by atoms with Gasteiger partial charge in [-0.05, 0) is 0 Å². The molecule has 4 nitrogen and oxygen atoms in total. The van der Waals surface area contributed by atoms with Crippen LogP contribution in [-0.2, 0) is 20.0 Å². The maximum absolute atomic E-state index is 11.0. The first-order chi connectivity index (χ1) is 4.45. The Balaban J connectivity index is 0. The summed E-state index contributed by atoms with van der Waals surface area (Å²) in [6, 6.07) is 0. The van der Waals surface area contributed by atoms with Crippen LogP contribution < -0.4 is 0 Å². The fraction of sp³-hybridized carbons (Fsp3) is 0. The minimum atomic E-state index is -11.0. The maximum atomic E-state index is 9.90. The van der Waals surface area contributed by atoms with Crippen LogP contribution in [0.4, 0.5) is 19.9 Å². The van der Waals surface area contributed by atoms with E-state index in [0.717, 1.165) is 0 Å². The fourth-order valence-corrected chi connectivity index (χ4v) is 0. The molecule has 0 aromatic rings. The van der Waals surface area contributed by atoms with Crippen molar-refractivity contribution in [3.05, 3.63) is 0 Å². The first kappa shape index (κ1) is 14.8. The third-order valence-electron chi connectivity index (χ3n) is 0. The molecule has 0 spiro atoms. The summed E-state index contributed by atoms with van der Waals surface area (Å²) in [6.07, 6.45) is 0. The van der Waals surface area contributed by atoms with Crippen molar-refractivity contribution in [2.75, 3.05) is 0 Å². The Labute approximate surface area is 63.2 Å². The van der Waals surface area contributed by atoms with Crippen LogP contribution in [0.2, 0.25) is 0 Å². The van der Waals surface area contributed by atoms with E-state index in [4.69, 9.17) is 19.2 Å².